The van der Waals surface area contributed by atoms with Crippen LogP contribution in [-0.4, -0.2) is 23.2 Å². The molecule has 1 N–H and O–H groups in total. The van der Waals surface area contributed by atoms with E-state index in [0.717, 1.165) is 0 Å². The molecule has 1 aromatic heterocycles. The molecule has 1 aromatic carbocycles. The molecule has 0 atom stereocenters. The number of ether oxygens (including phenoxy) is 1. The first kappa shape index (κ1) is 15.3. The van der Waals surface area contributed by atoms with Crippen LogP contribution in [0.4, 0.5) is 13.2 Å². The van der Waals surface area contributed by atoms with Crippen LogP contribution in [0.15, 0.2) is 24.3 Å². The minimum atomic E-state index is -4.79. The number of alkyl halides is 3. The van der Waals surface area contributed by atoms with E-state index in [1.54, 1.807) is 24.3 Å². The molecule has 0 aliphatic heterocycles. The highest BCUT2D eigenvalue weighted by Gasteiger charge is 2.39. The molecule has 0 unspecified atom stereocenters. The number of carbonyl (C=O) groups is 1. The third-order valence-corrected chi connectivity index (χ3v) is 3.71. The molecule has 4 nitrogen and oxygen atoms in total. The third-order valence-electron chi connectivity index (χ3n) is 2.67. The second-order valence-corrected chi connectivity index (χ2v) is 5.16. The Balaban J connectivity index is 2.40. The van der Waals surface area contributed by atoms with Gasteiger partial charge in [-0.3, -0.25) is 0 Å². The Morgan fingerprint density at radius 2 is 2.05 bits per heavy atom. The lowest BCUT2D eigenvalue weighted by Gasteiger charge is -2.06. The maximum absolute atomic E-state index is 12.8. The van der Waals surface area contributed by atoms with Gasteiger partial charge in [-0.1, -0.05) is 18.2 Å². The van der Waals surface area contributed by atoms with E-state index in [-0.39, 0.29) is 11.4 Å². The molecule has 0 fully saturated rings. The number of rotatable bonds is 4. The highest BCUT2D eigenvalue weighted by atomic mass is 32.1. The van der Waals surface area contributed by atoms with Crippen LogP contribution in [0.2, 0.25) is 0 Å². The Kier molecular flexibility index (Phi) is 4.17. The van der Waals surface area contributed by atoms with Gasteiger partial charge in [0.25, 0.3) is 0 Å². The number of nitrogens with zero attached hydrogens (tertiary/aromatic N) is 1. The van der Waals surface area contributed by atoms with E-state index in [2.05, 4.69) is 4.98 Å². The van der Waals surface area contributed by atoms with Crippen LogP contribution < -0.4 is 4.74 Å². The third kappa shape index (κ3) is 3.33. The van der Waals surface area contributed by atoms with Crippen molar-refractivity contribution >= 4 is 17.3 Å². The number of hydrogen-bond acceptors (Lipinski definition) is 4. The Labute approximate surface area is 121 Å². The predicted molar refractivity (Wildman–Crippen MR) is 69.9 cm³/mol. The van der Waals surface area contributed by atoms with E-state index in [9.17, 15) is 18.0 Å². The molecular weight excluding hydrogens is 307 g/mol. The number of aromatic nitrogens is 1. The van der Waals surface area contributed by atoms with Crippen LogP contribution in [0, 0.1) is 0 Å². The summed E-state index contributed by atoms with van der Waals surface area (Å²) in [5, 5.41) is 8.93. The average molecular weight is 317 g/mol. The molecule has 1 heterocycles. The van der Waals surface area contributed by atoms with Gasteiger partial charge in [0, 0.05) is 12.0 Å². The average Bonchev–Trinajstić information content (AvgIpc) is 2.83. The number of hydrogen-bond donors (Lipinski definition) is 1. The van der Waals surface area contributed by atoms with Gasteiger partial charge in [-0.2, -0.15) is 13.2 Å². The van der Waals surface area contributed by atoms with E-state index < -0.39 is 22.7 Å². The minimum absolute atomic E-state index is 0.0734. The van der Waals surface area contributed by atoms with Gasteiger partial charge in [0.05, 0.1) is 12.1 Å². The molecule has 0 amide bonds. The summed E-state index contributed by atoms with van der Waals surface area (Å²) in [7, 11) is 1.45. The van der Waals surface area contributed by atoms with Gasteiger partial charge < -0.3 is 9.84 Å². The zero-order chi connectivity index (χ0) is 15.6. The second kappa shape index (κ2) is 5.72. The van der Waals surface area contributed by atoms with Gasteiger partial charge >= 0.3 is 12.1 Å². The quantitative estimate of drug-likeness (QED) is 0.938. The number of carboxylic acid groups (broad SMARTS) is 1. The molecule has 0 radical (unpaired) electrons. The molecule has 2 aromatic rings. The minimum Gasteiger partial charge on any atom is -0.496 e. The monoisotopic (exact) mass is 317 g/mol. The van der Waals surface area contributed by atoms with Crippen molar-refractivity contribution in [1.29, 1.82) is 0 Å². The standard InChI is InChI=1S/C13H10F3NO3S/c1-20-8-5-3-2-4-7(8)6-9-17-11(13(14,15)16)10(21-9)12(18)19/h2-5H,6H2,1H3,(H,18,19). The van der Waals surface area contributed by atoms with Crippen molar-refractivity contribution in [1.82, 2.24) is 4.98 Å². The van der Waals surface area contributed by atoms with Crippen LogP contribution >= 0.6 is 11.3 Å². The fraction of sp³-hybridized carbons (Fsp3) is 0.231. The van der Waals surface area contributed by atoms with Gasteiger partial charge in [-0.15, -0.1) is 11.3 Å². The maximum atomic E-state index is 12.8. The zero-order valence-corrected chi connectivity index (χ0v) is 11.6. The molecule has 0 aliphatic carbocycles. The lowest BCUT2D eigenvalue weighted by atomic mass is 10.1. The van der Waals surface area contributed by atoms with Crippen molar-refractivity contribution in [3.05, 3.63) is 45.4 Å². The summed E-state index contributed by atoms with van der Waals surface area (Å²) in [4.78, 5) is 13.5. The largest absolute Gasteiger partial charge is 0.496 e. The first-order valence-electron chi connectivity index (χ1n) is 5.75. The Bertz CT molecular complexity index is 667. The smallest absolute Gasteiger partial charge is 0.435 e. The predicted octanol–water partition coefficient (Wildman–Crippen LogP) is 3.46. The summed E-state index contributed by atoms with van der Waals surface area (Å²) in [6.45, 7) is 0. The Morgan fingerprint density at radius 1 is 1.38 bits per heavy atom. The number of thiazole rings is 1. The van der Waals surface area contributed by atoms with E-state index >= 15 is 0 Å². The SMILES string of the molecule is COc1ccccc1Cc1nc(C(F)(F)F)c(C(=O)O)s1. The zero-order valence-electron chi connectivity index (χ0n) is 10.8. The maximum Gasteiger partial charge on any atom is 0.435 e. The van der Waals surface area contributed by atoms with Gasteiger partial charge in [-0.25, -0.2) is 9.78 Å². The normalized spacial score (nSPS) is 11.4. The van der Waals surface area contributed by atoms with Crippen molar-refractivity contribution in [3.8, 4) is 5.75 Å². The summed E-state index contributed by atoms with van der Waals surface area (Å²) < 4.78 is 43.4. The Morgan fingerprint density at radius 3 is 2.57 bits per heavy atom. The first-order valence-corrected chi connectivity index (χ1v) is 6.56. The molecule has 0 aliphatic rings. The fourth-order valence-corrected chi connectivity index (χ4v) is 2.73. The Hall–Kier alpha value is -2.09. The van der Waals surface area contributed by atoms with Crippen LogP contribution in [0.25, 0.3) is 0 Å². The fourth-order valence-electron chi connectivity index (χ4n) is 1.79. The summed E-state index contributed by atoms with van der Waals surface area (Å²) in [5.41, 5.74) is -0.718. The number of para-hydroxylation sites is 1. The summed E-state index contributed by atoms with van der Waals surface area (Å²) >= 11 is 0.522. The first-order chi connectivity index (χ1) is 9.82. The van der Waals surface area contributed by atoms with Gasteiger partial charge in [0.2, 0.25) is 0 Å². The number of benzene rings is 1. The molecule has 0 saturated heterocycles. The number of aromatic carboxylic acids is 1. The number of halogens is 3. The topological polar surface area (TPSA) is 59.4 Å². The molecule has 112 valence electrons. The molecule has 8 heteroatoms. The van der Waals surface area contributed by atoms with Gasteiger partial charge in [0.15, 0.2) is 5.69 Å². The van der Waals surface area contributed by atoms with Crippen molar-refractivity contribution in [2.45, 2.75) is 12.6 Å². The highest BCUT2D eigenvalue weighted by Crippen LogP contribution is 2.35. The van der Waals surface area contributed by atoms with E-state index in [4.69, 9.17) is 9.84 Å². The van der Waals surface area contributed by atoms with Crippen LogP contribution in [-0.2, 0) is 12.6 Å². The second-order valence-electron chi connectivity index (χ2n) is 4.08. The van der Waals surface area contributed by atoms with Crippen molar-refractivity contribution in [2.24, 2.45) is 0 Å². The lowest BCUT2D eigenvalue weighted by molar-refractivity contribution is -0.141. The summed E-state index contributed by atoms with van der Waals surface area (Å²) in [6, 6.07) is 6.81. The van der Waals surface area contributed by atoms with Crippen molar-refractivity contribution in [3.63, 3.8) is 0 Å². The lowest BCUT2D eigenvalue weighted by Crippen LogP contribution is -2.11. The molecule has 0 spiro atoms. The summed E-state index contributed by atoms with van der Waals surface area (Å²) in [5.74, 6) is -1.12. The van der Waals surface area contributed by atoms with Crippen LogP contribution in [0.3, 0.4) is 0 Å². The van der Waals surface area contributed by atoms with Gasteiger partial charge in [0.1, 0.15) is 10.6 Å². The van der Waals surface area contributed by atoms with Crippen molar-refractivity contribution in [2.75, 3.05) is 7.11 Å². The summed E-state index contributed by atoms with van der Waals surface area (Å²) in [6.07, 6.45) is -4.71. The molecule has 21 heavy (non-hydrogen) atoms. The molecule has 0 bridgehead atoms. The van der Waals surface area contributed by atoms with E-state index in [1.165, 1.54) is 7.11 Å². The van der Waals surface area contributed by atoms with Crippen LogP contribution in [0.5, 0.6) is 5.75 Å². The van der Waals surface area contributed by atoms with E-state index in [1.807, 2.05) is 0 Å². The number of carboxylic acids is 1. The highest BCUT2D eigenvalue weighted by molar-refractivity contribution is 7.13. The van der Waals surface area contributed by atoms with Crippen molar-refractivity contribution < 1.29 is 27.8 Å². The number of methoxy groups -OCH3 is 1. The van der Waals surface area contributed by atoms with Crippen LogP contribution in [0.1, 0.15) is 25.9 Å². The molecular formula is C13H10F3NO3S. The molecule has 0 saturated carbocycles. The van der Waals surface area contributed by atoms with Gasteiger partial charge in [-0.05, 0) is 6.07 Å². The van der Waals surface area contributed by atoms with E-state index in [0.29, 0.717) is 22.6 Å². The molecule has 2 rings (SSSR count).